The molecule has 0 amide bonds. The van der Waals surface area contributed by atoms with Crippen molar-refractivity contribution in [2.45, 2.75) is 32.3 Å². The van der Waals surface area contributed by atoms with Gasteiger partial charge in [0.1, 0.15) is 0 Å². The fourth-order valence-electron chi connectivity index (χ4n) is 2.31. The number of benzene rings is 1. The van der Waals surface area contributed by atoms with Crippen LogP contribution in [0.2, 0.25) is 0 Å². The summed E-state index contributed by atoms with van der Waals surface area (Å²) in [5.74, 6) is 7.06. The van der Waals surface area contributed by atoms with E-state index in [4.69, 9.17) is 0 Å². The SMILES string of the molecule is CC1CCCC(O)C1C#Cc1ccccc1. The minimum Gasteiger partial charge on any atom is -0.392 e. The van der Waals surface area contributed by atoms with Crippen LogP contribution in [0.3, 0.4) is 0 Å². The number of aliphatic hydroxyl groups is 1. The van der Waals surface area contributed by atoms with Crippen molar-refractivity contribution in [1.82, 2.24) is 0 Å². The zero-order valence-corrected chi connectivity index (χ0v) is 9.69. The van der Waals surface area contributed by atoms with Crippen molar-refractivity contribution in [1.29, 1.82) is 0 Å². The van der Waals surface area contributed by atoms with Crippen LogP contribution in [0.4, 0.5) is 0 Å². The van der Waals surface area contributed by atoms with Gasteiger partial charge in [0.2, 0.25) is 0 Å². The van der Waals surface area contributed by atoms with Crippen molar-refractivity contribution in [2.24, 2.45) is 11.8 Å². The Labute approximate surface area is 97.5 Å². The maximum atomic E-state index is 9.91. The molecule has 3 unspecified atom stereocenters. The highest BCUT2D eigenvalue weighted by Gasteiger charge is 2.27. The Morgan fingerprint density at radius 1 is 1.19 bits per heavy atom. The predicted octanol–water partition coefficient (Wildman–Crippen LogP) is 2.84. The molecule has 0 aromatic heterocycles. The zero-order valence-electron chi connectivity index (χ0n) is 9.69. The Bertz CT molecular complexity index is 375. The van der Waals surface area contributed by atoms with Crippen LogP contribution in [0.1, 0.15) is 31.7 Å². The maximum Gasteiger partial charge on any atom is 0.0680 e. The maximum absolute atomic E-state index is 9.91. The first kappa shape index (κ1) is 11.2. The zero-order chi connectivity index (χ0) is 11.4. The van der Waals surface area contributed by atoms with Crippen LogP contribution in [-0.4, -0.2) is 11.2 Å². The molecule has 1 aliphatic rings. The second-order valence-electron chi connectivity index (χ2n) is 4.64. The van der Waals surface area contributed by atoms with E-state index in [-0.39, 0.29) is 12.0 Å². The van der Waals surface area contributed by atoms with Gasteiger partial charge in [-0.15, -0.1) is 0 Å². The molecule has 1 nitrogen and oxygen atoms in total. The average Bonchev–Trinajstić information content (AvgIpc) is 2.30. The van der Waals surface area contributed by atoms with E-state index in [1.165, 1.54) is 6.42 Å². The van der Waals surface area contributed by atoms with E-state index >= 15 is 0 Å². The Morgan fingerprint density at radius 2 is 1.94 bits per heavy atom. The second kappa shape index (κ2) is 5.18. The van der Waals surface area contributed by atoms with Gasteiger partial charge in [0, 0.05) is 11.5 Å². The highest BCUT2D eigenvalue weighted by molar-refractivity contribution is 5.34. The summed E-state index contributed by atoms with van der Waals surface area (Å²) in [7, 11) is 0. The van der Waals surface area contributed by atoms with Crippen LogP contribution < -0.4 is 0 Å². The lowest BCUT2D eigenvalue weighted by Gasteiger charge is -2.29. The molecule has 1 aliphatic carbocycles. The Balaban J connectivity index is 2.11. The monoisotopic (exact) mass is 214 g/mol. The van der Waals surface area contributed by atoms with E-state index in [1.807, 2.05) is 30.3 Å². The van der Waals surface area contributed by atoms with Gasteiger partial charge in [-0.3, -0.25) is 0 Å². The molecule has 16 heavy (non-hydrogen) atoms. The van der Waals surface area contributed by atoms with Gasteiger partial charge in [-0.1, -0.05) is 43.4 Å². The van der Waals surface area contributed by atoms with Crippen LogP contribution >= 0.6 is 0 Å². The number of aliphatic hydroxyl groups excluding tert-OH is 1. The standard InChI is InChI=1S/C15H18O/c1-12-6-5-9-15(16)14(12)11-10-13-7-3-2-4-8-13/h2-4,7-8,12,14-16H,5-6,9H2,1H3. The average molecular weight is 214 g/mol. The molecule has 1 N–H and O–H groups in total. The molecule has 84 valence electrons. The smallest absolute Gasteiger partial charge is 0.0680 e. The van der Waals surface area contributed by atoms with Crippen molar-refractivity contribution in [3.8, 4) is 11.8 Å². The predicted molar refractivity (Wildman–Crippen MR) is 65.8 cm³/mol. The first-order valence-electron chi connectivity index (χ1n) is 6.02. The minimum absolute atomic E-state index is 0.147. The largest absolute Gasteiger partial charge is 0.392 e. The normalized spacial score (nSPS) is 29.2. The molecule has 1 fully saturated rings. The third kappa shape index (κ3) is 2.65. The van der Waals surface area contributed by atoms with Crippen LogP contribution in [0.25, 0.3) is 0 Å². The molecule has 1 aromatic rings. The summed E-state index contributed by atoms with van der Waals surface area (Å²) in [5, 5.41) is 9.91. The summed E-state index contributed by atoms with van der Waals surface area (Å²) in [6, 6.07) is 9.98. The molecule has 0 spiro atoms. The Morgan fingerprint density at radius 3 is 2.62 bits per heavy atom. The molecular formula is C15H18O. The lowest BCUT2D eigenvalue weighted by molar-refractivity contribution is 0.0683. The van der Waals surface area contributed by atoms with Gasteiger partial charge in [0.25, 0.3) is 0 Å². The first-order chi connectivity index (χ1) is 7.77. The molecule has 1 saturated carbocycles. The lowest BCUT2D eigenvalue weighted by atomic mass is 9.79. The van der Waals surface area contributed by atoms with E-state index in [2.05, 4.69) is 18.8 Å². The van der Waals surface area contributed by atoms with E-state index < -0.39 is 0 Å². The van der Waals surface area contributed by atoms with E-state index in [0.717, 1.165) is 18.4 Å². The quantitative estimate of drug-likeness (QED) is 0.658. The summed E-state index contributed by atoms with van der Waals surface area (Å²) in [6.07, 6.45) is 2.98. The minimum atomic E-state index is -0.236. The summed E-state index contributed by atoms with van der Waals surface area (Å²) >= 11 is 0. The third-order valence-corrected chi connectivity index (χ3v) is 3.34. The summed E-state index contributed by atoms with van der Waals surface area (Å²) in [5.41, 5.74) is 1.03. The van der Waals surface area contributed by atoms with Crippen molar-refractivity contribution in [2.75, 3.05) is 0 Å². The molecule has 0 saturated heterocycles. The third-order valence-electron chi connectivity index (χ3n) is 3.34. The molecule has 0 bridgehead atoms. The van der Waals surface area contributed by atoms with Crippen molar-refractivity contribution < 1.29 is 5.11 Å². The first-order valence-corrected chi connectivity index (χ1v) is 6.02. The van der Waals surface area contributed by atoms with Gasteiger partial charge in [0.05, 0.1) is 6.10 Å². The molecule has 0 aliphatic heterocycles. The summed E-state index contributed by atoms with van der Waals surface area (Å²) in [6.45, 7) is 2.19. The van der Waals surface area contributed by atoms with Crippen molar-refractivity contribution >= 4 is 0 Å². The molecule has 0 radical (unpaired) electrons. The van der Waals surface area contributed by atoms with E-state index in [1.54, 1.807) is 0 Å². The Kier molecular flexibility index (Phi) is 3.64. The van der Waals surface area contributed by atoms with E-state index in [0.29, 0.717) is 5.92 Å². The summed E-state index contributed by atoms with van der Waals surface area (Å²) < 4.78 is 0. The second-order valence-corrected chi connectivity index (χ2v) is 4.64. The van der Waals surface area contributed by atoms with Gasteiger partial charge in [0.15, 0.2) is 0 Å². The van der Waals surface area contributed by atoms with Gasteiger partial charge in [-0.05, 0) is 30.9 Å². The van der Waals surface area contributed by atoms with Gasteiger partial charge < -0.3 is 5.11 Å². The fraction of sp³-hybridized carbons (Fsp3) is 0.467. The van der Waals surface area contributed by atoms with Crippen LogP contribution in [0, 0.1) is 23.7 Å². The van der Waals surface area contributed by atoms with Crippen molar-refractivity contribution in [3.63, 3.8) is 0 Å². The van der Waals surface area contributed by atoms with Gasteiger partial charge in [-0.2, -0.15) is 0 Å². The van der Waals surface area contributed by atoms with Crippen molar-refractivity contribution in [3.05, 3.63) is 35.9 Å². The van der Waals surface area contributed by atoms with Crippen LogP contribution in [0.15, 0.2) is 30.3 Å². The van der Waals surface area contributed by atoms with Crippen LogP contribution in [0.5, 0.6) is 0 Å². The van der Waals surface area contributed by atoms with Gasteiger partial charge >= 0.3 is 0 Å². The summed E-state index contributed by atoms with van der Waals surface area (Å²) in [4.78, 5) is 0. The highest BCUT2D eigenvalue weighted by Crippen LogP contribution is 2.29. The molecule has 1 aromatic carbocycles. The molecule has 3 atom stereocenters. The molecule has 0 heterocycles. The Hall–Kier alpha value is -1.26. The van der Waals surface area contributed by atoms with Crippen LogP contribution in [-0.2, 0) is 0 Å². The molecule has 1 heteroatoms. The number of rotatable bonds is 0. The number of hydrogen-bond donors (Lipinski definition) is 1. The van der Waals surface area contributed by atoms with Gasteiger partial charge in [-0.25, -0.2) is 0 Å². The van der Waals surface area contributed by atoms with E-state index in [9.17, 15) is 5.11 Å². The lowest BCUT2D eigenvalue weighted by Crippen LogP contribution is -2.29. The molecular weight excluding hydrogens is 196 g/mol. The number of hydrogen-bond acceptors (Lipinski definition) is 1. The highest BCUT2D eigenvalue weighted by atomic mass is 16.3. The topological polar surface area (TPSA) is 20.2 Å². The molecule has 2 rings (SSSR count). The fourth-order valence-corrected chi connectivity index (χ4v) is 2.31.